The molecule has 0 amide bonds. The molecule has 0 radical (unpaired) electrons. The first-order valence-corrected chi connectivity index (χ1v) is 9.92. The van der Waals surface area contributed by atoms with Crippen LogP contribution in [0.3, 0.4) is 0 Å². The lowest BCUT2D eigenvalue weighted by molar-refractivity contribution is 0.396. The molecule has 6 nitrogen and oxygen atoms in total. The zero-order valence-electron chi connectivity index (χ0n) is 17.4. The lowest BCUT2D eigenvalue weighted by atomic mass is 10.1. The van der Waals surface area contributed by atoms with E-state index in [0.29, 0.717) is 34.3 Å². The van der Waals surface area contributed by atoms with Crippen LogP contribution in [0.1, 0.15) is 5.69 Å². The molecule has 160 valence electrons. The Morgan fingerprint density at radius 2 is 1.84 bits per heavy atom. The van der Waals surface area contributed by atoms with E-state index >= 15 is 0 Å². The quantitative estimate of drug-likeness (QED) is 0.398. The molecular formula is C24H19F2N5O. The Morgan fingerprint density at radius 3 is 2.53 bits per heavy atom. The van der Waals surface area contributed by atoms with Gasteiger partial charge < -0.3 is 14.6 Å². The summed E-state index contributed by atoms with van der Waals surface area (Å²) in [6.45, 7) is 1.85. The normalized spacial score (nSPS) is 11.1. The number of aromatic nitrogens is 4. The molecule has 0 aliphatic rings. The Labute approximate surface area is 182 Å². The lowest BCUT2D eigenvalue weighted by Gasteiger charge is -2.10. The number of imidazole rings is 2. The first kappa shape index (κ1) is 19.7. The van der Waals surface area contributed by atoms with Gasteiger partial charge in [-0.1, -0.05) is 0 Å². The number of hydrogen-bond acceptors (Lipinski definition) is 4. The van der Waals surface area contributed by atoms with Gasteiger partial charge in [-0.15, -0.1) is 0 Å². The third kappa shape index (κ3) is 3.45. The molecular weight excluding hydrogens is 412 g/mol. The summed E-state index contributed by atoms with van der Waals surface area (Å²) in [5.74, 6) is -0.185. The number of hydrogen-bond donors (Lipinski definition) is 1. The van der Waals surface area contributed by atoms with Gasteiger partial charge in [-0.05, 0) is 61.5 Å². The van der Waals surface area contributed by atoms with Gasteiger partial charge in [0.15, 0.2) is 5.65 Å². The van der Waals surface area contributed by atoms with Crippen molar-refractivity contribution in [3.05, 3.63) is 90.6 Å². The molecule has 3 heterocycles. The highest BCUT2D eigenvalue weighted by atomic mass is 19.1. The number of nitrogens with one attached hydrogen (secondary N) is 1. The molecule has 32 heavy (non-hydrogen) atoms. The van der Waals surface area contributed by atoms with Gasteiger partial charge in [-0.2, -0.15) is 0 Å². The van der Waals surface area contributed by atoms with E-state index in [9.17, 15) is 8.78 Å². The van der Waals surface area contributed by atoms with Gasteiger partial charge in [0.1, 0.15) is 17.3 Å². The highest BCUT2D eigenvalue weighted by Gasteiger charge is 2.17. The zero-order valence-corrected chi connectivity index (χ0v) is 17.4. The molecule has 0 aliphatic heterocycles. The highest BCUT2D eigenvalue weighted by molar-refractivity contribution is 5.79. The van der Waals surface area contributed by atoms with Crippen LogP contribution < -0.4 is 10.1 Å². The van der Waals surface area contributed by atoms with Crippen LogP contribution in [0.2, 0.25) is 0 Å². The van der Waals surface area contributed by atoms with E-state index in [0.717, 1.165) is 11.3 Å². The molecule has 8 heteroatoms. The van der Waals surface area contributed by atoms with E-state index in [1.165, 1.54) is 18.2 Å². The number of benzene rings is 2. The standard InChI is InChI=1S/C24H19F2N5O/c1-15-13-30(14-27-15)21-10-9-18(12-19(21)26)28-20-4-3-11-31-23(20)29-22(24(31)32-2)16-5-7-17(25)8-6-16/h3-14,28H,1-2H3. The van der Waals surface area contributed by atoms with E-state index in [-0.39, 0.29) is 11.6 Å². The average molecular weight is 431 g/mol. The Balaban J connectivity index is 1.53. The fraction of sp³-hybridized carbons (Fsp3) is 0.0833. The number of aryl methyl sites for hydroxylation is 1. The Kier molecular flexibility index (Phi) is 4.82. The first-order chi connectivity index (χ1) is 15.5. The summed E-state index contributed by atoms with van der Waals surface area (Å²) in [5.41, 5.74) is 4.37. The van der Waals surface area contributed by atoms with Crippen LogP contribution in [0.15, 0.2) is 73.3 Å². The van der Waals surface area contributed by atoms with Crippen molar-refractivity contribution < 1.29 is 13.5 Å². The molecule has 5 aromatic rings. The fourth-order valence-electron chi connectivity index (χ4n) is 3.64. The third-order valence-corrected chi connectivity index (χ3v) is 5.13. The summed E-state index contributed by atoms with van der Waals surface area (Å²) in [4.78, 5) is 8.86. The van der Waals surface area contributed by atoms with Gasteiger partial charge in [0.05, 0.1) is 30.5 Å². The van der Waals surface area contributed by atoms with E-state index < -0.39 is 0 Å². The molecule has 5 rings (SSSR count). The molecule has 0 atom stereocenters. The molecule has 0 saturated carbocycles. The number of pyridine rings is 1. The predicted octanol–water partition coefficient (Wildman–Crippen LogP) is 5.53. The molecule has 1 N–H and O–H groups in total. The fourth-order valence-corrected chi connectivity index (χ4v) is 3.64. The number of anilines is 2. The number of rotatable bonds is 5. The molecule has 0 aliphatic carbocycles. The molecule has 0 fully saturated rings. The second-order valence-electron chi connectivity index (χ2n) is 7.31. The second kappa shape index (κ2) is 7.81. The summed E-state index contributed by atoms with van der Waals surface area (Å²) in [5, 5.41) is 3.23. The van der Waals surface area contributed by atoms with Gasteiger partial charge in [-0.25, -0.2) is 18.7 Å². The monoisotopic (exact) mass is 431 g/mol. The van der Waals surface area contributed by atoms with Crippen molar-refractivity contribution in [1.29, 1.82) is 0 Å². The number of nitrogens with zero attached hydrogens (tertiary/aromatic N) is 4. The molecule has 3 aromatic heterocycles. The first-order valence-electron chi connectivity index (χ1n) is 9.92. The van der Waals surface area contributed by atoms with E-state index in [4.69, 9.17) is 9.72 Å². The lowest BCUT2D eigenvalue weighted by Crippen LogP contribution is -1.99. The maximum absolute atomic E-state index is 14.8. The van der Waals surface area contributed by atoms with Gasteiger partial charge in [0, 0.05) is 23.6 Å². The number of ether oxygens (including phenoxy) is 1. The summed E-state index contributed by atoms with van der Waals surface area (Å²) in [7, 11) is 1.56. The van der Waals surface area contributed by atoms with Gasteiger partial charge >= 0.3 is 0 Å². The Morgan fingerprint density at radius 1 is 1.03 bits per heavy atom. The van der Waals surface area contributed by atoms with Gasteiger partial charge in [-0.3, -0.25) is 4.40 Å². The van der Waals surface area contributed by atoms with Crippen molar-refractivity contribution in [2.45, 2.75) is 6.92 Å². The van der Waals surface area contributed by atoms with Crippen molar-refractivity contribution in [3.8, 4) is 22.8 Å². The van der Waals surface area contributed by atoms with Crippen molar-refractivity contribution in [1.82, 2.24) is 18.9 Å². The van der Waals surface area contributed by atoms with E-state index in [1.807, 2.05) is 25.3 Å². The van der Waals surface area contributed by atoms with Crippen molar-refractivity contribution >= 4 is 17.0 Å². The molecule has 0 bridgehead atoms. The highest BCUT2D eigenvalue weighted by Crippen LogP contribution is 2.34. The molecule has 2 aromatic carbocycles. The summed E-state index contributed by atoms with van der Waals surface area (Å²) >= 11 is 0. The number of fused-ring (bicyclic) bond motifs is 1. The van der Waals surface area contributed by atoms with Crippen LogP contribution in [-0.4, -0.2) is 26.0 Å². The van der Waals surface area contributed by atoms with Crippen LogP contribution in [0, 0.1) is 18.6 Å². The minimum atomic E-state index is -0.382. The molecule has 0 unspecified atom stereocenters. The third-order valence-electron chi connectivity index (χ3n) is 5.13. The molecule has 0 spiro atoms. The van der Waals surface area contributed by atoms with Crippen LogP contribution >= 0.6 is 0 Å². The van der Waals surface area contributed by atoms with E-state index in [1.54, 1.807) is 52.9 Å². The van der Waals surface area contributed by atoms with Crippen molar-refractivity contribution in [2.24, 2.45) is 0 Å². The SMILES string of the molecule is COc1c(-c2ccc(F)cc2)nc2c(Nc3ccc(-n4cnc(C)c4)c(F)c3)cccn12. The van der Waals surface area contributed by atoms with Crippen LogP contribution in [0.25, 0.3) is 22.6 Å². The smallest absolute Gasteiger partial charge is 0.226 e. The van der Waals surface area contributed by atoms with Crippen molar-refractivity contribution in [3.63, 3.8) is 0 Å². The molecule has 0 saturated heterocycles. The van der Waals surface area contributed by atoms with Crippen LogP contribution in [-0.2, 0) is 0 Å². The predicted molar refractivity (Wildman–Crippen MR) is 119 cm³/mol. The summed E-state index contributed by atoms with van der Waals surface area (Å²) < 4.78 is 37.2. The number of halogens is 2. The Bertz CT molecular complexity index is 1420. The Hall–Kier alpha value is -4.20. The van der Waals surface area contributed by atoms with Crippen molar-refractivity contribution in [2.75, 3.05) is 12.4 Å². The average Bonchev–Trinajstić information content (AvgIpc) is 3.38. The van der Waals surface area contributed by atoms with E-state index in [2.05, 4.69) is 10.3 Å². The zero-order chi connectivity index (χ0) is 22.2. The summed E-state index contributed by atoms with van der Waals surface area (Å²) in [6, 6.07) is 14.7. The summed E-state index contributed by atoms with van der Waals surface area (Å²) in [6.07, 6.45) is 5.17. The maximum atomic E-state index is 14.8. The topological polar surface area (TPSA) is 56.4 Å². The van der Waals surface area contributed by atoms with Gasteiger partial charge in [0.25, 0.3) is 0 Å². The minimum Gasteiger partial charge on any atom is -0.480 e. The largest absolute Gasteiger partial charge is 0.480 e. The van der Waals surface area contributed by atoms with Crippen LogP contribution in [0.4, 0.5) is 20.2 Å². The maximum Gasteiger partial charge on any atom is 0.226 e. The van der Waals surface area contributed by atoms with Crippen LogP contribution in [0.5, 0.6) is 5.88 Å². The minimum absolute atomic E-state index is 0.324. The number of methoxy groups -OCH3 is 1. The van der Waals surface area contributed by atoms with Gasteiger partial charge in [0.2, 0.25) is 5.88 Å². The second-order valence-corrected chi connectivity index (χ2v) is 7.31.